The van der Waals surface area contributed by atoms with Crippen molar-refractivity contribution in [1.29, 1.82) is 0 Å². The number of hydrogen-bond acceptors (Lipinski definition) is 3. The molecule has 2 aliphatic rings. The second kappa shape index (κ2) is 6.19. The molecular formula is C16H26O3. The van der Waals surface area contributed by atoms with E-state index in [2.05, 4.69) is 20.8 Å². The summed E-state index contributed by atoms with van der Waals surface area (Å²) in [5.74, 6) is 1.30. The molecule has 1 heterocycles. The van der Waals surface area contributed by atoms with Gasteiger partial charge in [-0.05, 0) is 30.3 Å². The van der Waals surface area contributed by atoms with Crippen molar-refractivity contribution in [3.63, 3.8) is 0 Å². The van der Waals surface area contributed by atoms with Crippen LogP contribution in [0.5, 0.6) is 0 Å². The first-order valence-corrected chi connectivity index (χ1v) is 7.48. The van der Waals surface area contributed by atoms with E-state index in [0.717, 1.165) is 19.3 Å². The monoisotopic (exact) mass is 266 g/mol. The Labute approximate surface area is 116 Å². The van der Waals surface area contributed by atoms with Crippen LogP contribution in [-0.4, -0.2) is 24.8 Å². The standard InChI is InChI=1S/C16H26O3/c1-12(2)10-16(18-7-8-19-16)11-13(3)14-5-4-6-15(17)9-14/h4,6,12-14H,5,7-11H2,1-3H3/t13-,14+/m0/s1. The molecule has 0 spiro atoms. The number of carbonyl (C=O) groups is 1. The lowest BCUT2D eigenvalue weighted by Crippen LogP contribution is -2.36. The van der Waals surface area contributed by atoms with E-state index in [4.69, 9.17) is 9.47 Å². The first-order valence-electron chi connectivity index (χ1n) is 7.48. The Morgan fingerprint density at radius 1 is 1.26 bits per heavy atom. The average molecular weight is 266 g/mol. The van der Waals surface area contributed by atoms with Crippen molar-refractivity contribution in [3.8, 4) is 0 Å². The quantitative estimate of drug-likeness (QED) is 0.765. The first-order chi connectivity index (χ1) is 9.01. The van der Waals surface area contributed by atoms with Crippen LogP contribution in [0.2, 0.25) is 0 Å². The molecule has 0 radical (unpaired) electrons. The van der Waals surface area contributed by atoms with E-state index in [-0.39, 0.29) is 5.78 Å². The average Bonchev–Trinajstić information content (AvgIpc) is 2.76. The Bertz CT molecular complexity index is 340. The zero-order valence-corrected chi connectivity index (χ0v) is 12.4. The molecule has 0 amide bonds. The van der Waals surface area contributed by atoms with Crippen molar-refractivity contribution in [3.05, 3.63) is 12.2 Å². The Kier molecular flexibility index (Phi) is 4.80. The molecule has 108 valence electrons. The summed E-state index contributed by atoms with van der Waals surface area (Å²) in [5, 5.41) is 0. The fraction of sp³-hybridized carbons (Fsp3) is 0.812. The largest absolute Gasteiger partial charge is 0.348 e. The second-order valence-electron chi connectivity index (χ2n) is 6.46. The van der Waals surface area contributed by atoms with Gasteiger partial charge in [0.15, 0.2) is 11.6 Å². The highest BCUT2D eigenvalue weighted by Gasteiger charge is 2.40. The Morgan fingerprint density at radius 3 is 2.53 bits per heavy atom. The zero-order valence-electron chi connectivity index (χ0n) is 12.4. The molecule has 0 unspecified atom stereocenters. The minimum atomic E-state index is -0.405. The van der Waals surface area contributed by atoms with Gasteiger partial charge in [0.1, 0.15) is 0 Å². The molecule has 1 aliphatic carbocycles. The lowest BCUT2D eigenvalue weighted by Gasteiger charge is -2.34. The number of ether oxygens (including phenoxy) is 2. The highest BCUT2D eigenvalue weighted by molar-refractivity contribution is 5.90. The third kappa shape index (κ3) is 3.90. The molecule has 0 N–H and O–H groups in total. The molecule has 0 saturated carbocycles. The van der Waals surface area contributed by atoms with Gasteiger partial charge in [0, 0.05) is 19.3 Å². The molecule has 1 fully saturated rings. The summed E-state index contributed by atoms with van der Waals surface area (Å²) in [5.41, 5.74) is 0. The maximum absolute atomic E-state index is 11.5. The molecule has 0 aromatic rings. The molecular weight excluding hydrogens is 240 g/mol. The normalized spacial score (nSPS) is 28.0. The summed E-state index contributed by atoms with van der Waals surface area (Å²) in [7, 11) is 0. The number of hydrogen-bond donors (Lipinski definition) is 0. The summed E-state index contributed by atoms with van der Waals surface area (Å²) in [6.07, 6.45) is 7.25. The van der Waals surface area contributed by atoms with E-state index >= 15 is 0 Å². The van der Waals surface area contributed by atoms with Crippen LogP contribution in [0.4, 0.5) is 0 Å². The third-order valence-electron chi connectivity index (χ3n) is 4.18. The highest BCUT2D eigenvalue weighted by atomic mass is 16.7. The van der Waals surface area contributed by atoms with Gasteiger partial charge in [0.2, 0.25) is 0 Å². The van der Waals surface area contributed by atoms with Gasteiger partial charge in [-0.15, -0.1) is 0 Å². The van der Waals surface area contributed by atoms with Gasteiger partial charge in [0.05, 0.1) is 13.2 Å². The zero-order chi connectivity index (χ0) is 13.9. The molecule has 2 atom stereocenters. The van der Waals surface area contributed by atoms with Gasteiger partial charge in [-0.1, -0.05) is 26.8 Å². The van der Waals surface area contributed by atoms with Crippen molar-refractivity contribution in [2.45, 2.75) is 52.2 Å². The lowest BCUT2D eigenvalue weighted by atomic mass is 9.79. The number of carbonyl (C=O) groups excluding carboxylic acids is 1. The van der Waals surface area contributed by atoms with Gasteiger partial charge in [-0.25, -0.2) is 0 Å². The van der Waals surface area contributed by atoms with E-state index < -0.39 is 5.79 Å². The Morgan fingerprint density at radius 2 is 1.95 bits per heavy atom. The van der Waals surface area contributed by atoms with Gasteiger partial charge in [0.25, 0.3) is 0 Å². The second-order valence-corrected chi connectivity index (χ2v) is 6.46. The Balaban J connectivity index is 1.97. The number of ketones is 1. The van der Waals surface area contributed by atoms with Gasteiger partial charge in [-0.2, -0.15) is 0 Å². The van der Waals surface area contributed by atoms with Crippen molar-refractivity contribution in [2.75, 3.05) is 13.2 Å². The minimum Gasteiger partial charge on any atom is -0.348 e. The van der Waals surface area contributed by atoms with Crippen LogP contribution < -0.4 is 0 Å². The summed E-state index contributed by atoms with van der Waals surface area (Å²) in [6.45, 7) is 8.02. The van der Waals surface area contributed by atoms with Crippen LogP contribution in [0, 0.1) is 17.8 Å². The fourth-order valence-electron chi connectivity index (χ4n) is 3.31. The maximum atomic E-state index is 11.5. The van der Waals surface area contributed by atoms with E-state index in [1.165, 1.54) is 0 Å². The number of rotatable bonds is 5. The van der Waals surface area contributed by atoms with Gasteiger partial charge in [-0.3, -0.25) is 4.79 Å². The lowest BCUT2D eigenvalue weighted by molar-refractivity contribution is -0.182. The molecule has 0 aromatic heterocycles. The first kappa shape index (κ1) is 14.7. The van der Waals surface area contributed by atoms with Crippen LogP contribution in [0.3, 0.4) is 0 Å². The minimum absolute atomic E-state index is 0.259. The third-order valence-corrected chi connectivity index (χ3v) is 4.18. The van der Waals surface area contributed by atoms with E-state index in [1.54, 1.807) is 6.08 Å². The van der Waals surface area contributed by atoms with E-state index in [1.807, 2.05) is 6.08 Å². The predicted octanol–water partition coefficient (Wildman–Crippen LogP) is 3.34. The summed E-state index contributed by atoms with van der Waals surface area (Å²) in [6, 6.07) is 0. The molecule has 1 saturated heterocycles. The molecule has 0 aromatic carbocycles. The summed E-state index contributed by atoms with van der Waals surface area (Å²) < 4.78 is 11.8. The SMILES string of the molecule is CC(C)CC1(C[C@H](C)[C@@H]2CC=CC(=O)C2)OCCO1. The molecule has 1 aliphatic heterocycles. The molecule has 19 heavy (non-hydrogen) atoms. The van der Waals surface area contributed by atoms with Crippen LogP contribution in [0.15, 0.2) is 12.2 Å². The topological polar surface area (TPSA) is 35.5 Å². The van der Waals surface area contributed by atoms with Crippen molar-refractivity contribution in [2.24, 2.45) is 17.8 Å². The predicted molar refractivity (Wildman–Crippen MR) is 74.7 cm³/mol. The van der Waals surface area contributed by atoms with Crippen molar-refractivity contribution >= 4 is 5.78 Å². The molecule has 2 rings (SSSR count). The smallest absolute Gasteiger partial charge is 0.169 e. The van der Waals surface area contributed by atoms with Crippen LogP contribution in [0.25, 0.3) is 0 Å². The van der Waals surface area contributed by atoms with E-state index in [9.17, 15) is 4.79 Å². The van der Waals surface area contributed by atoms with Crippen LogP contribution in [-0.2, 0) is 14.3 Å². The summed E-state index contributed by atoms with van der Waals surface area (Å²) in [4.78, 5) is 11.5. The van der Waals surface area contributed by atoms with E-state index in [0.29, 0.717) is 37.4 Å². The fourth-order valence-corrected chi connectivity index (χ4v) is 3.31. The van der Waals surface area contributed by atoms with Crippen LogP contribution in [0.1, 0.15) is 46.5 Å². The van der Waals surface area contributed by atoms with Crippen molar-refractivity contribution < 1.29 is 14.3 Å². The summed E-state index contributed by atoms with van der Waals surface area (Å²) >= 11 is 0. The molecule has 3 nitrogen and oxygen atoms in total. The molecule has 0 bridgehead atoms. The Hall–Kier alpha value is -0.670. The van der Waals surface area contributed by atoms with Crippen molar-refractivity contribution in [1.82, 2.24) is 0 Å². The maximum Gasteiger partial charge on any atom is 0.169 e. The van der Waals surface area contributed by atoms with Gasteiger partial charge >= 0.3 is 0 Å². The number of allylic oxidation sites excluding steroid dienone is 2. The highest BCUT2D eigenvalue weighted by Crippen LogP contribution is 2.38. The molecule has 3 heteroatoms. The van der Waals surface area contributed by atoms with Crippen LogP contribution >= 0.6 is 0 Å². The van der Waals surface area contributed by atoms with Gasteiger partial charge < -0.3 is 9.47 Å².